The van der Waals surface area contributed by atoms with Crippen LogP contribution in [0.2, 0.25) is 0 Å². The molecule has 3 aromatic rings. The van der Waals surface area contributed by atoms with Crippen LogP contribution in [0.25, 0.3) is 11.0 Å². The number of nitrogens with zero attached hydrogens (tertiary/aromatic N) is 2. The summed E-state index contributed by atoms with van der Waals surface area (Å²) in [6.07, 6.45) is 6.81. The fourth-order valence-electron chi connectivity index (χ4n) is 4.33. The molecule has 1 aromatic carbocycles. The van der Waals surface area contributed by atoms with E-state index < -0.39 is 0 Å². The molecular formula is C20H21N3O2S. The molecule has 1 saturated heterocycles. The van der Waals surface area contributed by atoms with Crippen LogP contribution in [-0.2, 0) is 6.54 Å². The van der Waals surface area contributed by atoms with Gasteiger partial charge in [0.25, 0.3) is 5.91 Å². The van der Waals surface area contributed by atoms with E-state index in [-0.39, 0.29) is 11.3 Å². The van der Waals surface area contributed by atoms with E-state index in [0.29, 0.717) is 18.2 Å². The molecule has 1 unspecified atom stereocenters. The molecule has 6 heteroatoms. The number of carbonyl (C=O) groups is 1. The van der Waals surface area contributed by atoms with E-state index >= 15 is 0 Å². The van der Waals surface area contributed by atoms with Crippen molar-refractivity contribution in [3.8, 4) is 0 Å². The Kier molecular flexibility index (Phi) is 3.83. The van der Waals surface area contributed by atoms with Crippen molar-refractivity contribution >= 4 is 28.2 Å². The lowest BCUT2D eigenvalue weighted by atomic mass is 9.93. The van der Waals surface area contributed by atoms with Crippen LogP contribution in [0, 0.1) is 5.41 Å². The maximum absolute atomic E-state index is 13.5. The highest BCUT2D eigenvalue weighted by atomic mass is 32.1. The second-order valence-corrected chi connectivity index (χ2v) is 8.32. The summed E-state index contributed by atoms with van der Waals surface area (Å²) >= 11 is 1.61. The van der Waals surface area contributed by atoms with Gasteiger partial charge in [0.05, 0.1) is 12.1 Å². The van der Waals surface area contributed by atoms with Gasteiger partial charge in [-0.15, -0.1) is 11.3 Å². The van der Waals surface area contributed by atoms with Crippen molar-refractivity contribution in [1.29, 1.82) is 0 Å². The molecule has 1 atom stereocenters. The predicted molar refractivity (Wildman–Crippen MR) is 101 cm³/mol. The van der Waals surface area contributed by atoms with Crippen LogP contribution < -0.4 is 5.32 Å². The summed E-state index contributed by atoms with van der Waals surface area (Å²) in [7, 11) is 0. The normalized spacial score (nSPS) is 21.2. The van der Waals surface area contributed by atoms with Gasteiger partial charge in [-0.3, -0.25) is 4.79 Å². The van der Waals surface area contributed by atoms with E-state index in [1.807, 2.05) is 40.7 Å². The number of piperidine rings is 1. The van der Waals surface area contributed by atoms with Gasteiger partial charge in [0.2, 0.25) is 0 Å². The number of aromatic nitrogens is 1. The van der Waals surface area contributed by atoms with Gasteiger partial charge in [-0.05, 0) is 43.8 Å². The fraction of sp³-hybridized carbons (Fsp3) is 0.400. The first kappa shape index (κ1) is 16.0. The molecule has 0 bridgehead atoms. The first-order valence-electron chi connectivity index (χ1n) is 9.13. The molecule has 26 heavy (non-hydrogen) atoms. The Labute approximate surface area is 156 Å². The molecule has 5 rings (SSSR count). The third-order valence-electron chi connectivity index (χ3n) is 5.88. The van der Waals surface area contributed by atoms with Gasteiger partial charge >= 0.3 is 0 Å². The fourth-order valence-corrected chi connectivity index (χ4v) is 4.94. The molecule has 2 fully saturated rings. The first-order chi connectivity index (χ1) is 12.8. The molecule has 1 amide bonds. The summed E-state index contributed by atoms with van der Waals surface area (Å²) in [5, 5.41) is 7.29. The number of hydrogen-bond acceptors (Lipinski definition) is 5. The number of amides is 1. The third kappa shape index (κ3) is 2.64. The average Bonchev–Trinajstić information content (AvgIpc) is 3.08. The number of thiazole rings is 1. The van der Waals surface area contributed by atoms with Crippen molar-refractivity contribution in [2.24, 2.45) is 5.41 Å². The largest absolute Gasteiger partial charge is 0.463 e. The lowest BCUT2D eigenvalue weighted by molar-refractivity contribution is 0.0693. The van der Waals surface area contributed by atoms with Crippen molar-refractivity contribution in [2.45, 2.75) is 31.8 Å². The zero-order valence-electron chi connectivity index (χ0n) is 14.5. The Morgan fingerprint density at radius 3 is 3.00 bits per heavy atom. The molecule has 1 N–H and O–H groups in total. The number of furan rings is 1. The molecule has 3 heterocycles. The number of nitrogens with one attached hydrogen (secondary N) is 1. The van der Waals surface area contributed by atoms with Crippen LogP contribution >= 0.6 is 11.3 Å². The Hall–Kier alpha value is -2.18. The highest BCUT2D eigenvalue weighted by Crippen LogP contribution is 2.56. The molecular weight excluding hydrogens is 346 g/mol. The smallest absolute Gasteiger partial charge is 0.258 e. The molecule has 5 nitrogen and oxygen atoms in total. The van der Waals surface area contributed by atoms with E-state index in [4.69, 9.17) is 4.42 Å². The molecule has 0 radical (unpaired) electrons. The summed E-state index contributed by atoms with van der Waals surface area (Å²) in [6.45, 7) is 2.67. The minimum Gasteiger partial charge on any atom is -0.463 e. The molecule has 2 aromatic heterocycles. The summed E-state index contributed by atoms with van der Waals surface area (Å²) in [5.74, 6) is 0.0607. The average molecular weight is 367 g/mol. The zero-order valence-corrected chi connectivity index (χ0v) is 15.3. The summed E-state index contributed by atoms with van der Waals surface area (Å²) in [4.78, 5) is 19.9. The van der Waals surface area contributed by atoms with Crippen LogP contribution in [0.15, 0.2) is 46.5 Å². The summed E-state index contributed by atoms with van der Waals surface area (Å²) in [5.41, 5.74) is 1.71. The van der Waals surface area contributed by atoms with Crippen LogP contribution in [0.3, 0.4) is 0 Å². The second kappa shape index (κ2) is 6.21. The first-order valence-corrected chi connectivity index (χ1v) is 10.0. The van der Waals surface area contributed by atoms with Crippen molar-refractivity contribution in [3.05, 3.63) is 52.7 Å². The Balaban J connectivity index is 1.48. The van der Waals surface area contributed by atoms with E-state index in [2.05, 4.69) is 10.3 Å². The predicted octanol–water partition coefficient (Wildman–Crippen LogP) is 3.67. The van der Waals surface area contributed by atoms with Crippen LogP contribution in [0.5, 0.6) is 0 Å². The van der Waals surface area contributed by atoms with E-state index in [0.717, 1.165) is 48.3 Å². The van der Waals surface area contributed by atoms with Crippen LogP contribution in [0.1, 0.15) is 34.6 Å². The standard InChI is InChI=1S/C20H21N3O2S/c24-19(15-13-25-16-4-2-1-3-14(15)16)23(12-18-22-9-10-26-18)17-11-20(17)5-7-21-8-6-20/h1-4,9-10,13,17,21H,5-8,11-12H2. The monoisotopic (exact) mass is 367 g/mol. The third-order valence-corrected chi connectivity index (χ3v) is 6.65. The van der Waals surface area contributed by atoms with Crippen LogP contribution in [-0.4, -0.2) is 34.9 Å². The molecule has 2 aliphatic rings. The van der Waals surface area contributed by atoms with Crippen molar-refractivity contribution in [1.82, 2.24) is 15.2 Å². The lowest BCUT2D eigenvalue weighted by Crippen LogP contribution is -2.39. The van der Waals surface area contributed by atoms with Gasteiger partial charge in [0.1, 0.15) is 16.9 Å². The number of rotatable bonds is 4. The maximum Gasteiger partial charge on any atom is 0.258 e. The molecule has 1 aliphatic heterocycles. The molecule has 134 valence electrons. The van der Waals surface area contributed by atoms with Crippen molar-refractivity contribution < 1.29 is 9.21 Å². The highest BCUT2D eigenvalue weighted by Gasteiger charge is 2.58. The summed E-state index contributed by atoms with van der Waals surface area (Å²) in [6, 6.07) is 8.04. The number of benzene rings is 1. The summed E-state index contributed by atoms with van der Waals surface area (Å²) < 4.78 is 5.62. The number of para-hydroxylation sites is 1. The molecule has 1 spiro atoms. The quantitative estimate of drug-likeness (QED) is 0.764. The Morgan fingerprint density at radius 2 is 2.19 bits per heavy atom. The van der Waals surface area contributed by atoms with E-state index in [1.165, 1.54) is 0 Å². The van der Waals surface area contributed by atoms with Crippen molar-refractivity contribution in [2.75, 3.05) is 13.1 Å². The second-order valence-electron chi connectivity index (χ2n) is 7.34. The van der Waals surface area contributed by atoms with Gasteiger partial charge in [-0.2, -0.15) is 0 Å². The Bertz CT molecular complexity index is 928. The minimum absolute atomic E-state index is 0.0607. The van der Waals surface area contributed by atoms with Gasteiger partial charge in [0, 0.05) is 23.0 Å². The number of fused-ring (bicyclic) bond motifs is 1. The van der Waals surface area contributed by atoms with E-state index in [1.54, 1.807) is 17.6 Å². The van der Waals surface area contributed by atoms with Crippen molar-refractivity contribution in [3.63, 3.8) is 0 Å². The van der Waals surface area contributed by atoms with Gasteiger partial charge in [-0.25, -0.2) is 4.98 Å². The number of carbonyl (C=O) groups excluding carboxylic acids is 1. The van der Waals surface area contributed by atoms with Gasteiger partial charge < -0.3 is 14.6 Å². The zero-order chi connectivity index (χ0) is 17.6. The van der Waals surface area contributed by atoms with Gasteiger partial charge in [-0.1, -0.05) is 18.2 Å². The van der Waals surface area contributed by atoms with Crippen LogP contribution in [0.4, 0.5) is 0 Å². The Morgan fingerprint density at radius 1 is 1.35 bits per heavy atom. The SMILES string of the molecule is O=C(c1coc2ccccc12)N(Cc1nccs1)C1CC12CCNCC2. The lowest BCUT2D eigenvalue weighted by Gasteiger charge is -2.29. The topological polar surface area (TPSA) is 58.4 Å². The van der Waals surface area contributed by atoms with E-state index in [9.17, 15) is 4.79 Å². The number of hydrogen-bond donors (Lipinski definition) is 1. The maximum atomic E-state index is 13.5. The highest BCUT2D eigenvalue weighted by molar-refractivity contribution is 7.09. The minimum atomic E-state index is 0.0607. The molecule has 1 aliphatic carbocycles. The molecule has 1 saturated carbocycles. The van der Waals surface area contributed by atoms with Gasteiger partial charge in [0.15, 0.2) is 0 Å².